The first kappa shape index (κ1) is 21.2. The highest BCUT2D eigenvalue weighted by Gasteiger charge is 2.51. The summed E-state index contributed by atoms with van der Waals surface area (Å²) in [7, 11) is 0. The molecular weight excluding hydrogens is 411 g/mol. The van der Waals surface area contributed by atoms with Gasteiger partial charge in [-0.25, -0.2) is 4.39 Å². The minimum atomic E-state index is -0.206. The van der Waals surface area contributed by atoms with Crippen LogP contribution in [0.1, 0.15) is 82.6 Å². The Hall–Kier alpha value is -1.68. The van der Waals surface area contributed by atoms with Crippen molar-refractivity contribution in [1.82, 2.24) is 10.3 Å². The van der Waals surface area contributed by atoms with Crippen LogP contribution in [0.3, 0.4) is 0 Å². The second-order valence-electron chi connectivity index (χ2n) is 10.4. The SMILES string of the molecule is C[C@@H](NC(=O)C12CCC(Cl)(CC1)CC2)C1CCC(c2ccnc3ccc(F)cc23)CC1. The second-order valence-corrected chi connectivity index (χ2v) is 11.2. The van der Waals surface area contributed by atoms with Gasteiger partial charge in [0.25, 0.3) is 0 Å². The van der Waals surface area contributed by atoms with Gasteiger partial charge in [0.2, 0.25) is 5.91 Å². The largest absolute Gasteiger partial charge is 0.353 e. The first-order valence-corrected chi connectivity index (χ1v) is 12.3. The lowest BCUT2D eigenvalue weighted by atomic mass is 9.59. The van der Waals surface area contributed by atoms with Gasteiger partial charge in [-0.05, 0) is 113 Å². The number of nitrogens with one attached hydrogen (secondary N) is 1. The minimum absolute atomic E-state index is 0.0356. The molecule has 0 saturated heterocycles. The topological polar surface area (TPSA) is 42.0 Å². The van der Waals surface area contributed by atoms with E-state index in [2.05, 4.69) is 23.3 Å². The molecule has 3 nitrogen and oxygen atoms in total. The zero-order valence-corrected chi connectivity index (χ0v) is 19.1. The average molecular weight is 443 g/mol. The van der Waals surface area contributed by atoms with Gasteiger partial charge in [-0.15, -0.1) is 11.6 Å². The summed E-state index contributed by atoms with van der Waals surface area (Å²) in [5.41, 5.74) is 1.90. The van der Waals surface area contributed by atoms with Gasteiger partial charge in [-0.2, -0.15) is 0 Å². The van der Waals surface area contributed by atoms with E-state index in [9.17, 15) is 9.18 Å². The van der Waals surface area contributed by atoms with Crippen molar-refractivity contribution in [2.24, 2.45) is 11.3 Å². The first-order chi connectivity index (χ1) is 14.9. The molecule has 4 aliphatic carbocycles. The van der Waals surface area contributed by atoms with Crippen LogP contribution in [0.4, 0.5) is 4.39 Å². The lowest BCUT2D eigenvalue weighted by Crippen LogP contribution is -2.53. The Morgan fingerprint density at radius 1 is 1.10 bits per heavy atom. The van der Waals surface area contributed by atoms with Crippen molar-refractivity contribution < 1.29 is 9.18 Å². The van der Waals surface area contributed by atoms with Crippen molar-refractivity contribution in [3.63, 3.8) is 0 Å². The Labute approximate surface area is 189 Å². The number of pyridine rings is 1. The molecule has 4 saturated carbocycles. The van der Waals surface area contributed by atoms with Crippen molar-refractivity contribution in [2.75, 3.05) is 0 Å². The number of amides is 1. The van der Waals surface area contributed by atoms with Gasteiger partial charge < -0.3 is 5.32 Å². The quantitative estimate of drug-likeness (QED) is 0.550. The molecule has 4 fully saturated rings. The van der Waals surface area contributed by atoms with E-state index in [1.165, 1.54) is 11.6 Å². The number of carbonyl (C=O) groups is 1. The van der Waals surface area contributed by atoms with Crippen molar-refractivity contribution in [3.05, 3.63) is 41.8 Å². The number of benzene rings is 1. The number of hydrogen-bond acceptors (Lipinski definition) is 2. The summed E-state index contributed by atoms with van der Waals surface area (Å²) in [6.45, 7) is 2.17. The number of carbonyl (C=O) groups excluding carboxylic acids is 1. The molecule has 0 radical (unpaired) electrons. The van der Waals surface area contributed by atoms with Crippen molar-refractivity contribution >= 4 is 28.4 Å². The van der Waals surface area contributed by atoms with E-state index in [4.69, 9.17) is 11.6 Å². The Balaban J connectivity index is 1.21. The summed E-state index contributed by atoms with van der Waals surface area (Å²) in [4.78, 5) is 17.6. The predicted molar refractivity (Wildman–Crippen MR) is 123 cm³/mol. The molecule has 0 spiro atoms. The Bertz CT molecular complexity index is 960. The van der Waals surface area contributed by atoms with Crippen LogP contribution >= 0.6 is 11.6 Å². The molecule has 2 aromatic rings. The Kier molecular flexibility index (Phi) is 5.48. The third-order valence-electron chi connectivity index (χ3n) is 8.65. The second kappa shape index (κ2) is 8.03. The lowest BCUT2D eigenvalue weighted by molar-refractivity contribution is -0.137. The Morgan fingerprint density at radius 3 is 2.45 bits per heavy atom. The lowest BCUT2D eigenvalue weighted by Gasteiger charge is -2.50. The van der Waals surface area contributed by atoms with Crippen LogP contribution < -0.4 is 5.32 Å². The zero-order valence-electron chi connectivity index (χ0n) is 18.3. The maximum atomic E-state index is 13.8. The molecule has 1 amide bonds. The van der Waals surface area contributed by atoms with Crippen LogP contribution in [0.25, 0.3) is 10.9 Å². The molecule has 4 aliphatic rings. The van der Waals surface area contributed by atoms with Crippen LogP contribution in [0.2, 0.25) is 0 Å². The van der Waals surface area contributed by atoms with Crippen molar-refractivity contribution in [3.8, 4) is 0 Å². The van der Waals surface area contributed by atoms with E-state index in [0.29, 0.717) is 11.8 Å². The summed E-state index contributed by atoms with van der Waals surface area (Å²) >= 11 is 6.64. The fraction of sp³-hybridized carbons (Fsp3) is 0.615. The highest BCUT2D eigenvalue weighted by atomic mass is 35.5. The fourth-order valence-corrected chi connectivity index (χ4v) is 6.67. The van der Waals surface area contributed by atoms with Gasteiger partial charge >= 0.3 is 0 Å². The Morgan fingerprint density at radius 2 is 1.77 bits per heavy atom. The number of rotatable bonds is 4. The summed E-state index contributed by atoms with van der Waals surface area (Å²) in [5.74, 6) is 0.985. The van der Waals surface area contributed by atoms with E-state index in [1.54, 1.807) is 12.1 Å². The predicted octanol–water partition coefficient (Wildman–Crippen LogP) is 6.48. The number of alkyl halides is 1. The fourth-order valence-electron chi connectivity index (χ4n) is 6.38. The number of hydrogen-bond donors (Lipinski definition) is 1. The molecule has 1 aromatic carbocycles. The molecule has 31 heavy (non-hydrogen) atoms. The van der Waals surface area contributed by atoms with E-state index < -0.39 is 0 Å². The third-order valence-corrected chi connectivity index (χ3v) is 9.22. The van der Waals surface area contributed by atoms with Crippen molar-refractivity contribution in [1.29, 1.82) is 0 Å². The van der Waals surface area contributed by atoms with Gasteiger partial charge in [-0.1, -0.05) is 0 Å². The summed E-state index contributed by atoms with van der Waals surface area (Å²) in [6, 6.07) is 7.11. The molecule has 0 unspecified atom stereocenters. The normalized spacial score (nSPS) is 33.9. The summed E-state index contributed by atoms with van der Waals surface area (Å²) < 4.78 is 13.8. The molecule has 166 valence electrons. The van der Waals surface area contributed by atoms with E-state index >= 15 is 0 Å². The van der Waals surface area contributed by atoms with E-state index in [1.807, 2.05) is 6.20 Å². The maximum absolute atomic E-state index is 13.8. The molecule has 2 bridgehead atoms. The van der Waals surface area contributed by atoms with Crippen LogP contribution in [0, 0.1) is 17.2 Å². The monoisotopic (exact) mass is 442 g/mol. The van der Waals surface area contributed by atoms with Gasteiger partial charge in [0.1, 0.15) is 5.82 Å². The number of fused-ring (bicyclic) bond motifs is 4. The first-order valence-electron chi connectivity index (χ1n) is 11.9. The number of aromatic nitrogens is 1. The van der Waals surface area contributed by atoms with Crippen LogP contribution in [0.5, 0.6) is 0 Å². The third kappa shape index (κ3) is 3.97. The van der Waals surface area contributed by atoms with E-state index in [0.717, 1.165) is 75.1 Å². The molecule has 5 heteroatoms. The van der Waals surface area contributed by atoms with E-state index in [-0.39, 0.29) is 28.1 Å². The highest BCUT2D eigenvalue weighted by Crippen LogP contribution is 2.55. The summed E-state index contributed by atoms with van der Waals surface area (Å²) in [6.07, 6.45) is 11.9. The van der Waals surface area contributed by atoms with Gasteiger partial charge in [-0.3, -0.25) is 9.78 Å². The number of halogens is 2. The molecule has 1 N–H and O–H groups in total. The molecule has 1 heterocycles. The minimum Gasteiger partial charge on any atom is -0.353 e. The van der Waals surface area contributed by atoms with Crippen molar-refractivity contribution in [2.45, 2.75) is 88.0 Å². The average Bonchev–Trinajstić information content (AvgIpc) is 2.79. The number of nitrogens with zero attached hydrogens (tertiary/aromatic N) is 1. The van der Waals surface area contributed by atoms with Crippen LogP contribution in [0.15, 0.2) is 30.5 Å². The molecule has 1 atom stereocenters. The van der Waals surface area contributed by atoms with Gasteiger partial charge in [0.05, 0.1) is 5.52 Å². The highest BCUT2D eigenvalue weighted by molar-refractivity contribution is 6.24. The molecule has 0 aliphatic heterocycles. The molecule has 1 aromatic heterocycles. The zero-order chi connectivity index (χ0) is 21.6. The summed E-state index contributed by atoms with van der Waals surface area (Å²) in [5, 5.41) is 4.34. The van der Waals surface area contributed by atoms with Gasteiger partial charge in [0, 0.05) is 27.9 Å². The van der Waals surface area contributed by atoms with Gasteiger partial charge in [0.15, 0.2) is 0 Å². The maximum Gasteiger partial charge on any atom is 0.226 e. The van der Waals surface area contributed by atoms with Crippen LogP contribution in [-0.4, -0.2) is 21.8 Å². The molecule has 6 rings (SSSR count). The molecular formula is C26H32ClFN2O. The standard InChI is InChI=1S/C26H32ClFN2O/c1-17(30-24(31)25-9-12-26(27,13-10-25)14-11-25)18-2-4-19(5-3-18)21-8-15-29-23-7-6-20(28)16-22(21)23/h6-8,15-19H,2-5,9-14H2,1H3,(H,30,31)/t17-,18?,19?,25?,26?/m1/s1. The smallest absolute Gasteiger partial charge is 0.226 e. The van der Waals surface area contributed by atoms with Crippen LogP contribution in [-0.2, 0) is 4.79 Å².